The van der Waals surface area contributed by atoms with Gasteiger partial charge >= 0.3 is 6.18 Å². The van der Waals surface area contributed by atoms with Gasteiger partial charge in [-0.1, -0.05) is 29.8 Å². The Morgan fingerprint density at radius 1 is 1.12 bits per heavy atom. The van der Waals surface area contributed by atoms with E-state index in [0.717, 1.165) is 39.3 Å². The van der Waals surface area contributed by atoms with E-state index >= 15 is 0 Å². The molecule has 9 heteroatoms. The molecule has 2 heterocycles. The summed E-state index contributed by atoms with van der Waals surface area (Å²) in [6.45, 7) is 5.49. The molecule has 1 amide bonds. The summed E-state index contributed by atoms with van der Waals surface area (Å²) in [7, 11) is 0. The highest BCUT2D eigenvalue weighted by atomic mass is 32.1. The number of carbonyl (C=O) groups is 1. The number of amides is 1. The maximum Gasteiger partial charge on any atom is 0.416 e. The number of nitrogens with one attached hydrogen (secondary N) is 1. The molecule has 170 valence electrons. The topological polar surface area (TPSA) is 64.0 Å². The lowest BCUT2D eigenvalue weighted by molar-refractivity contribution is -0.137. The Bertz CT molecular complexity index is 1440. The number of nitrogens with zero attached hydrogens (tertiary/aromatic N) is 2. The van der Waals surface area contributed by atoms with Crippen molar-refractivity contribution in [2.24, 2.45) is 0 Å². The molecule has 0 unspecified atom stereocenters. The molecule has 0 saturated heterocycles. The lowest BCUT2D eigenvalue weighted by Gasteiger charge is -2.11. The highest BCUT2D eigenvalue weighted by Crippen LogP contribution is 2.37. The Morgan fingerprint density at radius 2 is 1.88 bits per heavy atom. The fourth-order valence-electron chi connectivity index (χ4n) is 3.71. The molecule has 0 fully saturated rings. The minimum atomic E-state index is -4.52. The third kappa shape index (κ3) is 4.54. The van der Waals surface area contributed by atoms with Crippen molar-refractivity contribution in [2.45, 2.75) is 33.5 Å². The Kier molecular flexibility index (Phi) is 5.84. The SMILES string of the molecule is Cc1ccc(C)c(-c2c(C)sc3ncn(CC(=O)Nc4cccc(C(F)(F)F)c4)c(=O)c23)c1. The van der Waals surface area contributed by atoms with Gasteiger partial charge < -0.3 is 5.32 Å². The summed E-state index contributed by atoms with van der Waals surface area (Å²) in [5, 5.41) is 2.85. The van der Waals surface area contributed by atoms with Crippen molar-refractivity contribution in [1.29, 1.82) is 0 Å². The summed E-state index contributed by atoms with van der Waals surface area (Å²) in [6, 6.07) is 10.3. The van der Waals surface area contributed by atoms with E-state index in [1.807, 2.05) is 39.0 Å². The zero-order valence-corrected chi connectivity index (χ0v) is 18.9. The van der Waals surface area contributed by atoms with Gasteiger partial charge in [0, 0.05) is 16.1 Å². The molecule has 4 aromatic rings. The number of fused-ring (bicyclic) bond motifs is 1. The number of hydrogen-bond acceptors (Lipinski definition) is 4. The molecule has 0 aliphatic heterocycles. The molecule has 0 aliphatic rings. The van der Waals surface area contributed by atoms with Gasteiger partial charge in [-0.05, 0) is 50.1 Å². The van der Waals surface area contributed by atoms with Crippen LogP contribution in [0.25, 0.3) is 21.3 Å². The van der Waals surface area contributed by atoms with Crippen molar-refractivity contribution in [3.63, 3.8) is 0 Å². The number of carbonyl (C=O) groups excluding carboxylic acids is 1. The van der Waals surface area contributed by atoms with Gasteiger partial charge in [0.25, 0.3) is 5.56 Å². The summed E-state index contributed by atoms with van der Waals surface area (Å²) in [6.07, 6.45) is -3.23. The van der Waals surface area contributed by atoms with Crippen molar-refractivity contribution in [3.05, 3.63) is 80.7 Å². The van der Waals surface area contributed by atoms with Gasteiger partial charge in [-0.25, -0.2) is 4.98 Å². The van der Waals surface area contributed by atoms with Crippen LogP contribution in [0.3, 0.4) is 0 Å². The second-order valence-corrected chi connectivity index (χ2v) is 9.04. The van der Waals surface area contributed by atoms with Gasteiger partial charge in [0.15, 0.2) is 0 Å². The zero-order valence-electron chi connectivity index (χ0n) is 18.1. The highest BCUT2D eigenvalue weighted by molar-refractivity contribution is 7.19. The van der Waals surface area contributed by atoms with E-state index in [-0.39, 0.29) is 17.8 Å². The molecule has 0 saturated carbocycles. The van der Waals surface area contributed by atoms with Crippen LogP contribution in [0.2, 0.25) is 0 Å². The highest BCUT2D eigenvalue weighted by Gasteiger charge is 2.30. The van der Waals surface area contributed by atoms with Gasteiger partial charge in [0.2, 0.25) is 5.91 Å². The zero-order chi connectivity index (χ0) is 23.9. The first-order chi connectivity index (χ1) is 15.5. The number of anilines is 1. The van der Waals surface area contributed by atoms with Crippen molar-refractivity contribution < 1.29 is 18.0 Å². The maximum absolute atomic E-state index is 13.3. The predicted octanol–water partition coefficient (Wildman–Crippen LogP) is 5.71. The number of thiophene rings is 1. The summed E-state index contributed by atoms with van der Waals surface area (Å²) in [5.41, 5.74) is 2.55. The number of halogens is 3. The number of benzene rings is 2. The lowest BCUT2D eigenvalue weighted by Crippen LogP contribution is -2.28. The number of aryl methyl sites for hydroxylation is 3. The molecular formula is C24H20F3N3O2S. The van der Waals surface area contributed by atoms with E-state index in [1.54, 1.807) is 0 Å². The van der Waals surface area contributed by atoms with Gasteiger partial charge in [-0.15, -0.1) is 11.3 Å². The maximum atomic E-state index is 13.3. The molecule has 0 atom stereocenters. The average molecular weight is 472 g/mol. The molecule has 1 N–H and O–H groups in total. The summed E-state index contributed by atoms with van der Waals surface area (Å²) in [4.78, 5) is 31.7. The minimum absolute atomic E-state index is 0.000589. The monoisotopic (exact) mass is 471 g/mol. The van der Waals surface area contributed by atoms with Crippen LogP contribution in [0.15, 0.2) is 53.6 Å². The van der Waals surface area contributed by atoms with E-state index in [0.29, 0.717) is 10.2 Å². The van der Waals surface area contributed by atoms with Crippen molar-refractivity contribution in [2.75, 3.05) is 5.32 Å². The van der Waals surface area contributed by atoms with E-state index in [9.17, 15) is 22.8 Å². The lowest BCUT2D eigenvalue weighted by atomic mass is 9.97. The second kappa shape index (κ2) is 8.47. The molecule has 33 heavy (non-hydrogen) atoms. The first-order valence-electron chi connectivity index (χ1n) is 10.1. The van der Waals surface area contributed by atoms with Gasteiger partial charge in [-0.3, -0.25) is 14.2 Å². The Hall–Kier alpha value is -3.46. The number of rotatable bonds is 4. The Morgan fingerprint density at radius 3 is 2.61 bits per heavy atom. The van der Waals surface area contributed by atoms with Crippen molar-refractivity contribution >= 4 is 33.1 Å². The van der Waals surface area contributed by atoms with Crippen LogP contribution in [0.4, 0.5) is 18.9 Å². The standard InChI is InChI=1S/C24H20F3N3O2S/c1-13-7-8-14(2)18(9-13)20-15(3)33-22-21(20)23(32)30(12-28-22)11-19(31)29-17-6-4-5-16(10-17)24(25,26)27/h4-10,12H,11H2,1-3H3,(H,29,31). The first kappa shape index (κ1) is 22.7. The molecule has 2 aromatic carbocycles. The van der Waals surface area contributed by atoms with E-state index < -0.39 is 17.6 Å². The van der Waals surface area contributed by atoms with E-state index in [1.165, 1.54) is 34.4 Å². The fraction of sp³-hybridized carbons (Fsp3) is 0.208. The van der Waals surface area contributed by atoms with Crippen LogP contribution >= 0.6 is 11.3 Å². The van der Waals surface area contributed by atoms with Crippen LogP contribution in [0.5, 0.6) is 0 Å². The van der Waals surface area contributed by atoms with Crippen LogP contribution < -0.4 is 10.9 Å². The third-order valence-corrected chi connectivity index (χ3v) is 6.32. The van der Waals surface area contributed by atoms with Crippen molar-refractivity contribution in [3.8, 4) is 11.1 Å². The smallest absolute Gasteiger partial charge is 0.325 e. The van der Waals surface area contributed by atoms with Gasteiger partial charge in [-0.2, -0.15) is 13.2 Å². The predicted molar refractivity (Wildman–Crippen MR) is 124 cm³/mol. The number of alkyl halides is 3. The van der Waals surface area contributed by atoms with Crippen LogP contribution in [-0.2, 0) is 17.5 Å². The van der Waals surface area contributed by atoms with Gasteiger partial charge in [0.1, 0.15) is 11.4 Å². The van der Waals surface area contributed by atoms with Crippen LogP contribution in [0, 0.1) is 20.8 Å². The molecule has 0 aliphatic carbocycles. The largest absolute Gasteiger partial charge is 0.416 e. The molecule has 0 spiro atoms. The minimum Gasteiger partial charge on any atom is -0.325 e. The quantitative estimate of drug-likeness (QED) is 0.415. The molecule has 5 nitrogen and oxygen atoms in total. The molecular weight excluding hydrogens is 451 g/mol. The number of aromatic nitrogens is 2. The first-order valence-corrected chi connectivity index (χ1v) is 10.9. The Labute approximate surface area is 191 Å². The second-order valence-electron chi connectivity index (χ2n) is 7.84. The summed E-state index contributed by atoms with van der Waals surface area (Å²) < 4.78 is 39.9. The van der Waals surface area contributed by atoms with Crippen LogP contribution in [-0.4, -0.2) is 15.5 Å². The molecule has 0 bridgehead atoms. The average Bonchev–Trinajstić information content (AvgIpc) is 3.08. The normalized spacial score (nSPS) is 11.7. The third-order valence-electron chi connectivity index (χ3n) is 5.30. The molecule has 4 rings (SSSR count). The van der Waals surface area contributed by atoms with Gasteiger partial charge in [0.05, 0.1) is 17.3 Å². The number of hydrogen-bond donors (Lipinski definition) is 1. The van der Waals surface area contributed by atoms with E-state index in [4.69, 9.17) is 0 Å². The fourth-order valence-corrected chi connectivity index (χ4v) is 4.70. The van der Waals surface area contributed by atoms with E-state index in [2.05, 4.69) is 10.3 Å². The summed E-state index contributed by atoms with van der Waals surface area (Å²) >= 11 is 1.40. The Balaban J connectivity index is 1.69. The summed E-state index contributed by atoms with van der Waals surface area (Å²) in [5.74, 6) is -0.627. The van der Waals surface area contributed by atoms with Crippen LogP contribution in [0.1, 0.15) is 21.6 Å². The van der Waals surface area contributed by atoms with Crippen molar-refractivity contribution in [1.82, 2.24) is 9.55 Å². The molecule has 0 radical (unpaired) electrons. The molecule has 2 aromatic heterocycles.